The molecule has 0 aromatic rings. The predicted molar refractivity (Wildman–Crippen MR) is 261 cm³/mol. The first kappa shape index (κ1) is 58.1. The number of hydrogen-bond donors (Lipinski definition) is 0. The third-order valence-corrected chi connectivity index (χ3v) is 11.0. The van der Waals surface area contributed by atoms with Crippen LogP contribution in [0.1, 0.15) is 252 Å². The molecule has 61 heavy (non-hydrogen) atoms. The van der Waals surface area contributed by atoms with Gasteiger partial charge in [0.25, 0.3) is 0 Å². The summed E-state index contributed by atoms with van der Waals surface area (Å²) in [5, 5.41) is 0. The Labute approximate surface area is 377 Å². The van der Waals surface area contributed by atoms with Gasteiger partial charge in [0, 0.05) is 19.3 Å². The largest absolute Gasteiger partial charge is 0.462 e. The number of esters is 3. The number of ether oxygens (including phenoxy) is 3. The fraction of sp³-hybridized carbons (Fsp3) is 0.764. The van der Waals surface area contributed by atoms with Crippen LogP contribution in [0.15, 0.2) is 60.8 Å². The van der Waals surface area contributed by atoms with Crippen molar-refractivity contribution in [3.8, 4) is 0 Å². The van der Waals surface area contributed by atoms with Gasteiger partial charge in [-0.2, -0.15) is 0 Å². The lowest BCUT2D eigenvalue weighted by molar-refractivity contribution is -0.167. The molecule has 0 radical (unpaired) electrons. The minimum atomic E-state index is -0.786. The Kier molecular flexibility index (Phi) is 47.4. The van der Waals surface area contributed by atoms with Gasteiger partial charge in [-0.25, -0.2) is 0 Å². The third kappa shape index (κ3) is 48.0. The first-order valence-corrected chi connectivity index (χ1v) is 25.8. The highest BCUT2D eigenvalue weighted by molar-refractivity contribution is 5.71. The first-order valence-electron chi connectivity index (χ1n) is 25.8. The Morgan fingerprint density at radius 1 is 0.344 bits per heavy atom. The Hall–Kier alpha value is -2.89. The minimum absolute atomic E-state index is 0.0858. The number of hydrogen-bond acceptors (Lipinski definition) is 6. The van der Waals surface area contributed by atoms with Crippen LogP contribution in [0, 0.1) is 0 Å². The lowest BCUT2D eigenvalue weighted by atomic mass is 10.1. The van der Waals surface area contributed by atoms with Gasteiger partial charge >= 0.3 is 17.9 Å². The van der Waals surface area contributed by atoms with Crippen LogP contribution in [-0.4, -0.2) is 37.2 Å². The van der Waals surface area contributed by atoms with Gasteiger partial charge in [0.1, 0.15) is 13.2 Å². The van der Waals surface area contributed by atoms with E-state index in [2.05, 4.69) is 81.5 Å². The van der Waals surface area contributed by atoms with Crippen LogP contribution in [0.2, 0.25) is 0 Å². The normalized spacial score (nSPS) is 12.5. The van der Waals surface area contributed by atoms with Crippen LogP contribution in [0.5, 0.6) is 0 Å². The second kappa shape index (κ2) is 49.8. The molecule has 0 rings (SSSR count). The predicted octanol–water partition coefficient (Wildman–Crippen LogP) is 16.9. The highest BCUT2D eigenvalue weighted by Gasteiger charge is 2.19. The average Bonchev–Trinajstić information content (AvgIpc) is 3.26. The minimum Gasteiger partial charge on any atom is -0.462 e. The van der Waals surface area contributed by atoms with Gasteiger partial charge in [-0.3, -0.25) is 14.4 Å². The molecule has 0 spiro atoms. The van der Waals surface area contributed by atoms with Crippen LogP contribution >= 0.6 is 0 Å². The molecule has 0 amide bonds. The summed E-state index contributed by atoms with van der Waals surface area (Å²) in [6.07, 6.45) is 60.6. The topological polar surface area (TPSA) is 78.9 Å². The van der Waals surface area contributed by atoms with Gasteiger partial charge < -0.3 is 14.2 Å². The summed E-state index contributed by atoms with van der Waals surface area (Å²) in [6, 6.07) is 0. The number of carbonyl (C=O) groups excluding carboxylic acids is 3. The summed E-state index contributed by atoms with van der Waals surface area (Å²) in [7, 11) is 0. The molecule has 0 heterocycles. The highest BCUT2D eigenvalue weighted by atomic mass is 16.6. The van der Waals surface area contributed by atoms with Crippen molar-refractivity contribution in [2.75, 3.05) is 13.2 Å². The van der Waals surface area contributed by atoms with Crippen molar-refractivity contribution in [1.29, 1.82) is 0 Å². The van der Waals surface area contributed by atoms with Crippen molar-refractivity contribution in [1.82, 2.24) is 0 Å². The van der Waals surface area contributed by atoms with Crippen molar-refractivity contribution in [3.63, 3.8) is 0 Å². The highest BCUT2D eigenvalue weighted by Crippen LogP contribution is 2.14. The maximum absolute atomic E-state index is 12.8. The summed E-state index contributed by atoms with van der Waals surface area (Å²) in [5.41, 5.74) is 0. The molecule has 0 aliphatic heterocycles. The molecule has 0 bridgehead atoms. The fourth-order valence-electron chi connectivity index (χ4n) is 7.14. The zero-order valence-corrected chi connectivity index (χ0v) is 40.2. The van der Waals surface area contributed by atoms with E-state index in [0.29, 0.717) is 19.3 Å². The van der Waals surface area contributed by atoms with Crippen LogP contribution in [0.25, 0.3) is 0 Å². The van der Waals surface area contributed by atoms with E-state index in [1.807, 2.05) is 0 Å². The molecule has 0 fully saturated rings. The zero-order chi connectivity index (χ0) is 44.4. The molecule has 0 aromatic carbocycles. The summed E-state index contributed by atoms with van der Waals surface area (Å²) in [5.74, 6) is -0.911. The lowest BCUT2D eigenvalue weighted by Gasteiger charge is -2.18. The van der Waals surface area contributed by atoms with Crippen molar-refractivity contribution in [3.05, 3.63) is 60.8 Å². The summed E-state index contributed by atoms with van der Waals surface area (Å²) in [4.78, 5) is 37.9. The van der Waals surface area contributed by atoms with E-state index < -0.39 is 6.10 Å². The molecular formula is C55H96O6. The second-order valence-corrected chi connectivity index (χ2v) is 17.1. The van der Waals surface area contributed by atoms with Gasteiger partial charge in [0.15, 0.2) is 6.10 Å². The number of rotatable bonds is 46. The maximum atomic E-state index is 12.8. The molecule has 6 nitrogen and oxygen atoms in total. The van der Waals surface area contributed by atoms with Crippen molar-refractivity contribution >= 4 is 17.9 Å². The number of unbranched alkanes of at least 4 members (excludes halogenated alkanes) is 27. The molecule has 0 N–H and O–H groups in total. The van der Waals surface area contributed by atoms with Gasteiger partial charge in [-0.15, -0.1) is 0 Å². The molecular weight excluding hydrogens is 757 g/mol. The number of allylic oxidation sites excluding steroid dienone is 10. The van der Waals surface area contributed by atoms with E-state index in [0.717, 1.165) is 83.5 Å². The van der Waals surface area contributed by atoms with Crippen LogP contribution < -0.4 is 0 Å². The van der Waals surface area contributed by atoms with Gasteiger partial charge in [-0.1, -0.05) is 204 Å². The SMILES string of the molecule is CC\C=C/C=C\C=C/CCCCCCCCCC(=O)OC(COC(=O)CCCCCCC/C=C\CCCCC)COC(=O)CCCCCCC/C=C\CCCCCCCCC. The van der Waals surface area contributed by atoms with E-state index in [1.54, 1.807) is 0 Å². The Morgan fingerprint density at radius 2 is 0.656 bits per heavy atom. The molecule has 0 aliphatic rings. The van der Waals surface area contributed by atoms with Crippen LogP contribution in [-0.2, 0) is 28.6 Å². The summed E-state index contributed by atoms with van der Waals surface area (Å²) in [6.45, 7) is 6.46. The fourth-order valence-corrected chi connectivity index (χ4v) is 7.14. The van der Waals surface area contributed by atoms with E-state index in [1.165, 1.54) is 128 Å². The standard InChI is InChI=1S/C55H96O6/c1-4-7-10-13-16-19-22-25-27-29-30-33-36-39-42-45-48-54(57)60-51-52(50-59-53(56)47-44-41-38-35-32-24-21-18-15-12-9-6-3)61-55(58)49-46-43-40-37-34-31-28-26-23-20-17-14-11-8-5-2/h8,11,14,17-18,20-21,23,27,29,52H,4-7,9-10,12-13,15-16,19,22,24-26,28,30-51H2,1-3H3/b11-8-,17-14-,21-18-,23-20-,29-27-. The maximum Gasteiger partial charge on any atom is 0.306 e. The van der Waals surface area contributed by atoms with Crippen molar-refractivity contribution in [2.45, 2.75) is 258 Å². The Morgan fingerprint density at radius 3 is 1.07 bits per heavy atom. The van der Waals surface area contributed by atoms with Gasteiger partial charge in [0.2, 0.25) is 0 Å². The van der Waals surface area contributed by atoms with E-state index in [4.69, 9.17) is 14.2 Å². The molecule has 352 valence electrons. The molecule has 0 saturated carbocycles. The average molecular weight is 853 g/mol. The monoisotopic (exact) mass is 853 g/mol. The molecule has 1 atom stereocenters. The van der Waals surface area contributed by atoms with Gasteiger partial charge in [-0.05, 0) is 89.9 Å². The summed E-state index contributed by atoms with van der Waals surface area (Å²) < 4.78 is 16.8. The van der Waals surface area contributed by atoms with Crippen LogP contribution in [0.3, 0.4) is 0 Å². The molecule has 6 heteroatoms. The third-order valence-electron chi connectivity index (χ3n) is 11.0. The quantitative estimate of drug-likeness (QED) is 0.0200. The number of carbonyl (C=O) groups is 3. The van der Waals surface area contributed by atoms with E-state index in [9.17, 15) is 14.4 Å². The lowest BCUT2D eigenvalue weighted by Crippen LogP contribution is -2.30. The van der Waals surface area contributed by atoms with Crippen LogP contribution in [0.4, 0.5) is 0 Å². The molecule has 0 aromatic heterocycles. The molecule has 1 unspecified atom stereocenters. The Balaban J connectivity index is 4.40. The van der Waals surface area contributed by atoms with Gasteiger partial charge in [0.05, 0.1) is 0 Å². The van der Waals surface area contributed by atoms with E-state index in [-0.39, 0.29) is 31.1 Å². The van der Waals surface area contributed by atoms with Crippen molar-refractivity contribution in [2.24, 2.45) is 0 Å². The molecule has 0 saturated heterocycles. The molecule has 0 aliphatic carbocycles. The first-order chi connectivity index (χ1) is 30.0. The summed E-state index contributed by atoms with van der Waals surface area (Å²) >= 11 is 0. The zero-order valence-electron chi connectivity index (χ0n) is 40.2. The van der Waals surface area contributed by atoms with Crippen molar-refractivity contribution < 1.29 is 28.6 Å². The Bertz CT molecular complexity index is 1120. The second-order valence-electron chi connectivity index (χ2n) is 17.1. The smallest absolute Gasteiger partial charge is 0.306 e. The van der Waals surface area contributed by atoms with E-state index >= 15 is 0 Å².